The zero-order valence-corrected chi connectivity index (χ0v) is 12.3. The summed E-state index contributed by atoms with van der Waals surface area (Å²) in [5.74, 6) is 1.65. The molecular formula is C16H23NO3. The van der Waals surface area contributed by atoms with Gasteiger partial charge in [-0.1, -0.05) is 12.8 Å². The van der Waals surface area contributed by atoms with Crippen molar-refractivity contribution < 1.29 is 14.2 Å². The Kier molecular flexibility index (Phi) is 3.85. The largest absolute Gasteiger partial charge is 0.497 e. The van der Waals surface area contributed by atoms with Gasteiger partial charge >= 0.3 is 0 Å². The Bertz CT molecular complexity index is 469. The molecule has 2 aliphatic rings. The fourth-order valence-electron chi connectivity index (χ4n) is 3.39. The molecule has 4 nitrogen and oxygen atoms in total. The number of benzene rings is 1. The molecule has 4 heteroatoms. The molecule has 0 aromatic heterocycles. The molecule has 1 spiro atoms. The summed E-state index contributed by atoms with van der Waals surface area (Å²) in [6.45, 7) is 1.81. The van der Waals surface area contributed by atoms with Gasteiger partial charge in [-0.2, -0.15) is 0 Å². The van der Waals surface area contributed by atoms with Gasteiger partial charge in [0.15, 0.2) is 0 Å². The highest BCUT2D eigenvalue weighted by molar-refractivity contribution is 5.42. The lowest BCUT2D eigenvalue weighted by Gasteiger charge is -2.39. The summed E-state index contributed by atoms with van der Waals surface area (Å²) in [6.07, 6.45) is 4.93. The van der Waals surface area contributed by atoms with Gasteiger partial charge in [0.2, 0.25) is 0 Å². The Balaban J connectivity index is 1.84. The molecule has 1 aliphatic carbocycles. The van der Waals surface area contributed by atoms with E-state index in [2.05, 4.69) is 11.4 Å². The summed E-state index contributed by atoms with van der Waals surface area (Å²) in [4.78, 5) is 0. The Morgan fingerprint density at radius 3 is 2.70 bits per heavy atom. The van der Waals surface area contributed by atoms with E-state index in [1.54, 1.807) is 14.2 Å². The van der Waals surface area contributed by atoms with Crippen LogP contribution in [0.4, 0.5) is 0 Å². The van der Waals surface area contributed by atoms with Crippen molar-refractivity contribution in [3.05, 3.63) is 23.8 Å². The fourth-order valence-corrected chi connectivity index (χ4v) is 3.39. The van der Waals surface area contributed by atoms with Gasteiger partial charge in [0.25, 0.3) is 0 Å². The predicted molar refractivity (Wildman–Crippen MR) is 77.4 cm³/mol. The third-order valence-corrected chi connectivity index (χ3v) is 4.47. The molecule has 110 valence electrons. The first-order valence-corrected chi connectivity index (χ1v) is 7.37. The normalized spacial score (nSPS) is 24.8. The Morgan fingerprint density at radius 1 is 1.20 bits per heavy atom. The van der Waals surface area contributed by atoms with Crippen molar-refractivity contribution >= 4 is 0 Å². The molecule has 0 bridgehead atoms. The molecule has 1 N–H and O–H groups in total. The Labute approximate surface area is 120 Å². The topological polar surface area (TPSA) is 39.7 Å². The van der Waals surface area contributed by atoms with Gasteiger partial charge in [0.1, 0.15) is 11.5 Å². The van der Waals surface area contributed by atoms with E-state index in [0.29, 0.717) is 0 Å². The molecule has 0 radical (unpaired) electrons. The van der Waals surface area contributed by atoms with E-state index in [-0.39, 0.29) is 11.7 Å². The quantitative estimate of drug-likeness (QED) is 0.922. The second-order valence-electron chi connectivity index (χ2n) is 5.74. The predicted octanol–water partition coefficient (Wildman–Crippen LogP) is 2.68. The molecule has 3 rings (SSSR count). The van der Waals surface area contributed by atoms with Gasteiger partial charge in [-0.25, -0.2) is 0 Å². The minimum atomic E-state index is 0.0356. The number of ether oxygens (including phenoxy) is 3. The lowest BCUT2D eigenvalue weighted by Crippen LogP contribution is -2.49. The van der Waals surface area contributed by atoms with Crippen LogP contribution < -0.4 is 14.8 Å². The number of morpholine rings is 1. The van der Waals surface area contributed by atoms with E-state index in [9.17, 15) is 0 Å². The Hall–Kier alpha value is -1.26. The van der Waals surface area contributed by atoms with Crippen molar-refractivity contribution in [3.8, 4) is 11.5 Å². The average Bonchev–Trinajstić information content (AvgIpc) is 2.94. The maximum absolute atomic E-state index is 6.45. The highest BCUT2D eigenvalue weighted by Crippen LogP contribution is 2.41. The van der Waals surface area contributed by atoms with Gasteiger partial charge in [-0.3, -0.25) is 0 Å². The molecule has 1 atom stereocenters. The summed E-state index contributed by atoms with van der Waals surface area (Å²) in [5.41, 5.74) is 1.14. The number of hydrogen-bond donors (Lipinski definition) is 1. The summed E-state index contributed by atoms with van der Waals surface area (Å²) < 4.78 is 17.2. The van der Waals surface area contributed by atoms with Crippen molar-refractivity contribution in [1.82, 2.24) is 5.32 Å². The number of methoxy groups -OCH3 is 2. The zero-order valence-electron chi connectivity index (χ0n) is 12.3. The molecule has 1 heterocycles. The van der Waals surface area contributed by atoms with Crippen LogP contribution in [-0.4, -0.2) is 32.9 Å². The molecule has 1 saturated carbocycles. The third kappa shape index (κ3) is 2.50. The SMILES string of the molecule is COc1ccc(C2CNCC3(CCCC3)O2)c(OC)c1. The second kappa shape index (κ2) is 5.62. The van der Waals surface area contributed by atoms with Crippen molar-refractivity contribution in [3.63, 3.8) is 0 Å². The van der Waals surface area contributed by atoms with Gasteiger partial charge in [0.05, 0.1) is 25.9 Å². The lowest BCUT2D eigenvalue weighted by atomic mass is 9.97. The maximum atomic E-state index is 6.45. The monoisotopic (exact) mass is 277 g/mol. The summed E-state index contributed by atoms with van der Waals surface area (Å²) >= 11 is 0. The smallest absolute Gasteiger partial charge is 0.128 e. The molecular weight excluding hydrogens is 254 g/mol. The second-order valence-corrected chi connectivity index (χ2v) is 5.74. The van der Waals surface area contributed by atoms with Gasteiger partial charge in [-0.15, -0.1) is 0 Å². The van der Waals surface area contributed by atoms with Crippen LogP contribution >= 0.6 is 0 Å². The first-order valence-electron chi connectivity index (χ1n) is 7.37. The summed E-state index contributed by atoms with van der Waals surface area (Å²) in [5, 5.41) is 3.53. The Morgan fingerprint density at radius 2 is 2.00 bits per heavy atom. The zero-order chi connectivity index (χ0) is 14.0. The lowest BCUT2D eigenvalue weighted by molar-refractivity contribution is -0.114. The van der Waals surface area contributed by atoms with Crippen molar-refractivity contribution in [2.24, 2.45) is 0 Å². The summed E-state index contributed by atoms with van der Waals surface area (Å²) in [6, 6.07) is 5.95. The molecule has 2 fully saturated rings. The number of hydrogen-bond acceptors (Lipinski definition) is 4. The summed E-state index contributed by atoms with van der Waals surface area (Å²) in [7, 11) is 3.36. The van der Waals surface area contributed by atoms with Crippen molar-refractivity contribution in [1.29, 1.82) is 0 Å². The van der Waals surface area contributed by atoms with Crippen molar-refractivity contribution in [2.45, 2.75) is 37.4 Å². The maximum Gasteiger partial charge on any atom is 0.128 e. The average molecular weight is 277 g/mol. The highest BCUT2D eigenvalue weighted by Gasteiger charge is 2.40. The molecule has 1 aliphatic heterocycles. The number of nitrogens with one attached hydrogen (secondary N) is 1. The molecule has 1 unspecified atom stereocenters. The van der Waals surface area contributed by atoms with Crippen LogP contribution in [0.1, 0.15) is 37.4 Å². The highest BCUT2D eigenvalue weighted by atomic mass is 16.5. The van der Waals surface area contributed by atoms with Crippen LogP contribution in [0.3, 0.4) is 0 Å². The van der Waals surface area contributed by atoms with Crippen LogP contribution in [-0.2, 0) is 4.74 Å². The van der Waals surface area contributed by atoms with Gasteiger partial charge in [0, 0.05) is 24.7 Å². The minimum absolute atomic E-state index is 0.0356. The number of rotatable bonds is 3. The van der Waals surface area contributed by atoms with Crippen molar-refractivity contribution in [2.75, 3.05) is 27.3 Å². The van der Waals surface area contributed by atoms with E-state index in [4.69, 9.17) is 14.2 Å². The van der Waals surface area contributed by atoms with Crippen LogP contribution in [0.15, 0.2) is 18.2 Å². The van der Waals surface area contributed by atoms with Gasteiger partial charge in [-0.05, 0) is 25.0 Å². The van der Waals surface area contributed by atoms with Crippen LogP contribution in [0.2, 0.25) is 0 Å². The van der Waals surface area contributed by atoms with Crippen LogP contribution in [0.25, 0.3) is 0 Å². The van der Waals surface area contributed by atoms with Gasteiger partial charge < -0.3 is 19.5 Å². The standard InChI is InChI=1S/C16H23NO3/c1-18-12-5-6-13(14(9-12)19-2)15-10-17-11-16(20-15)7-3-4-8-16/h5-6,9,15,17H,3-4,7-8,10-11H2,1-2H3. The molecule has 1 saturated heterocycles. The molecule has 1 aromatic rings. The van der Waals surface area contributed by atoms with E-state index in [1.165, 1.54) is 12.8 Å². The van der Waals surface area contributed by atoms with E-state index < -0.39 is 0 Å². The van der Waals surface area contributed by atoms with Crippen LogP contribution in [0, 0.1) is 0 Å². The third-order valence-electron chi connectivity index (χ3n) is 4.47. The molecule has 20 heavy (non-hydrogen) atoms. The van der Waals surface area contributed by atoms with Crippen LogP contribution in [0.5, 0.6) is 11.5 Å². The van der Waals surface area contributed by atoms with E-state index in [0.717, 1.165) is 43.0 Å². The minimum Gasteiger partial charge on any atom is -0.497 e. The first-order chi connectivity index (χ1) is 9.76. The van der Waals surface area contributed by atoms with E-state index >= 15 is 0 Å². The fraction of sp³-hybridized carbons (Fsp3) is 0.625. The molecule has 1 aromatic carbocycles. The first kappa shape index (κ1) is 13.7. The molecule has 0 amide bonds. The van der Waals surface area contributed by atoms with E-state index in [1.807, 2.05) is 12.1 Å².